The van der Waals surface area contributed by atoms with Crippen molar-refractivity contribution in [3.63, 3.8) is 0 Å². The Balaban J connectivity index is 1.76. The van der Waals surface area contributed by atoms with Gasteiger partial charge in [0.15, 0.2) is 5.82 Å². The van der Waals surface area contributed by atoms with Gasteiger partial charge in [-0.05, 0) is 31.5 Å². The van der Waals surface area contributed by atoms with Gasteiger partial charge in [0.2, 0.25) is 5.91 Å². The van der Waals surface area contributed by atoms with E-state index in [0.29, 0.717) is 6.54 Å². The minimum Gasteiger partial charge on any atom is -0.294 e. The monoisotopic (exact) mass is 313 g/mol. The van der Waals surface area contributed by atoms with Gasteiger partial charge < -0.3 is 0 Å². The number of hydrogen-bond donors (Lipinski definition) is 0. The highest BCUT2D eigenvalue weighted by atomic mass is 16.2. The third kappa shape index (κ3) is 3.42. The summed E-state index contributed by atoms with van der Waals surface area (Å²) >= 11 is 0. The molecular formula is C17H23N5O. The Labute approximate surface area is 136 Å². The standard InChI is InChI=1S/C17H23N5O/c1-3-21(13-14-7-4-5-10-18-14)15-8-6-11-22(17(15)23)16-9-12-20(2)19-16/h4-5,7,9-10,12,15H,3,6,8,11,13H2,1-2H3. The number of likely N-dealkylation sites (N-methyl/N-ethyl adjacent to an activating group) is 1. The number of carbonyl (C=O) groups excluding carboxylic acids is 1. The quantitative estimate of drug-likeness (QED) is 0.845. The molecule has 0 aromatic carbocycles. The van der Waals surface area contributed by atoms with Gasteiger partial charge in [0.1, 0.15) is 0 Å². The van der Waals surface area contributed by atoms with Gasteiger partial charge in [-0.2, -0.15) is 5.10 Å². The van der Waals surface area contributed by atoms with E-state index in [1.807, 2.05) is 42.4 Å². The summed E-state index contributed by atoms with van der Waals surface area (Å²) in [5.74, 6) is 0.892. The summed E-state index contributed by atoms with van der Waals surface area (Å²) in [4.78, 5) is 21.3. The van der Waals surface area contributed by atoms with Crippen LogP contribution in [-0.4, -0.2) is 44.7 Å². The zero-order valence-corrected chi connectivity index (χ0v) is 13.7. The van der Waals surface area contributed by atoms with Crippen LogP contribution in [0.5, 0.6) is 0 Å². The molecule has 1 unspecified atom stereocenters. The van der Waals surface area contributed by atoms with E-state index in [-0.39, 0.29) is 11.9 Å². The highest BCUT2D eigenvalue weighted by Crippen LogP contribution is 2.23. The Bertz CT molecular complexity index is 654. The molecule has 0 N–H and O–H groups in total. The number of anilines is 1. The second-order valence-electron chi connectivity index (χ2n) is 5.88. The number of hydrogen-bond acceptors (Lipinski definition) is 4. The Morgan fingerprint density at radius 2 is 2.22 bits per heavy atom. The second-order valence-corrected chi connectivity index (χ2v) is 5.88. The number of pyridine rings is 1. The summed E-state index contributed by atoms with van der Waals surface area (Å²) in [6, 6.07) is 7.70. The van der Waals surface area contributed by atoms with Crippen LogP contribution in [0.3, 0.4) is 0 Å². The summed E-state index contributed by atoms with van der Waals surface area (Å²) in [6.45, 7) is 4.36. The minimum atomic E-state index is -0.0993. The van der Waals surface area contributed by atoms with Crippen molar-refractivity contribution in [2.45, 2.75) is 32.4 Å². The molecule has 0 radical (unpaired) electrons. The average molecular weight is 313 g/mol. The van der Waals surface area contributed by atoms with Gasteiger partial charge in [0, 0.05) is 38.6 Å². The topological polar surface area (TPSA) is 54.3 Å². The van der Waals surface area contributed by atoms with Crippen molar-refractivity contribution in [3.05, 3.63) is 42.4 Å². The maximum absolute atomic E-state index is 12.9. The van der Waals surface area contributed by atoms with Crippen LogP contribution in [0, 0.1) is 0 Å². The number of piperidine rings is 1. The zero-order chi connectivity index (χ0) is 16.2. The fourth-order valence-corrected chi connectivity index (χ4v) is 3.11. The van der Waals surface area contributed by atoms with Gasteiger partial charge in [0.05, 0.1) is 11.7 Å². The van der Waals surface area contributed by atoms with Gasteiger partial charge in [-0.15, -0.1) is 0 Å². The fraction of sp³-hybridized carbons (Fsp3) is 0.471. The van der Waals surface area contributed by atoms with E-state index in [4.69, 9.17) is 0 Å². The van der Waals surface area contributed by atoms with Crippen LogP contribution in [0.1, 0.15) is 25.5 Å². The summed E-state index contributed by atoms with van der Waals surface area (Å²) in [5.41, 5.74) is 0.997. The van der Waals surface area contributed by atoms with E-state index in [2.05, 4.69) is 21.9 Å². The van der Waals surface area contributed by atoms with Gasteiger partial charge in [-0.3, -0.25) is 24.3 Å². The Hall–Kier alpha value is -2.21. The Morgan fingerprint density at radius 1 is 1.35 bits per heavy atom. The lowest BCUT2D eigenvalue weighted by Gasteiger charge is -2.37. The average Bonchev–Trinajstić information content (AvgIpc) is 3.00. The summed E-state index contributed by atoms with van der Waals surface area (Å²) in [5, 5.41) is 4.38. The number of carbonyl (C=O) groups is 1. The van der Waals surface area contributed by atoms with Crippen molar-refractivity contribution in [2.75, 3.05) is 18.0 Å². The summed E-state index contributed by atoms with van der Waals surface area (Å²) in [7, 11) is 1.87. The molecule has 6 nitrogen and oxygen atoms in total. The van der Waals surface area contributed by atoms with Crippen LogP contribution in [0.2, 0.25) is 0 Å². The number of aryl methyl sites for hydroxylation is 1. The normalized spacial score (nSPS) is 18.7. The lowest BCUT2D eigenvalue weighted by atomic mass is 10.0. The van der Waals surface area contributed by atoms with Crippen molar-refractivity contribution < 1.29 is 4.79 Å². The lowest BCUT2D eigenvalue weighted by Crippen LogP contribution is -2.52. The van der Waals surface area contributed by atoms with Gasteiger partial charge in [-0.25, -0.2) is 0 Å². The molecule has 6 heteroatoms. The molecule has 2 aromatic rings. The van der Waals surface area contributed by atoms with Crippen molar-refractivity contribution in [2.24, 2.45) is 7.05 Å². The van der Waals surface area contributed by atoms with Crippen LogP contribution in [0.4, 0.5) is 5.82 Å². The molecule has 1 atom stereocenters. The van der Waals surface area contributed by atoms with Gasteiger partial charge in [0.25, 0.3) is 0 Å². The molecule has 0 aliphatic carbocycles. The SMILES string of the molecule is CCN(Cc1ccccn1)C1CCCN(c2ccn(C)n2)C1=O. The van der Waals surface area contributed by atoms with Crippen molar-refractivity contribution in [1.29, 1.82) is 0 Å². The first-order chi connectivity index (χ1) is 11.2. The Morgan fingerprint density at radius 3 is 2.87 bits per heavy atom. The molecule has 3 rings (SSSR count). The maximum atomic E-state index is 12.9. The van der Waals surface area contributed by atoms with E-state index in [0.717, 1.165) is 37.4 Å². The lowest BCUT2D eigenvalue weighted by molar-refractivity contribution is -0.125. The third-order valence-electron chi connectivity index (χ3n) is 4.32. The molecular weight excluding hydrogens is 290 g/mol. The highest BCUT2D eigenvalue weighted by molar-refractivity contribution is 5.97. The van der Waals surface area contributed by atoms with Crippen molar-refractivity contribution in [3.8, 4) is 0 Å². The van der Waals surface area contributed by atoms with Crippen molar-refractivity contribution in [1.82, 2.24) is 19.7 Å². The molecule has 1 amide bonds. The minimum absolute atomic E-state index is 0.0993. The molecule has 1 aliphatic heterocycles. The largest absolute Gasteiger partial charge is 0.294 e. The van der Waals surface area contributed by atoms with Gasteiger partial charge in [-0.1, -0.05) is 13.0 Å². The molecule has 0 saturated carbocycles. The van der Waals surface area contributed by atoms with Crippen LogP contribution >= 0.6 is 0 Å². The first-order valence-corrected chi connectivity index (χ1v) is 8.14. The molecule has 0 spiro atoms. The number of nitrogens with zero attached hydrogens (tertiary/aromatic N) is 5. The van der Waals surface area contributed by atoms with Crippen LogP contribution < -0.4 is 4.90 Å². The van der Waals surface area contributed by atoms with E-state index in [1.54, 1.807) is 10.9 Å². The van der Waals surface area contributed by atoms with Crippen LogP contribution in [0.25, 0.3) is 0 Å². The van der Waals surface area contributed by atoms with Crippen LogP contribution in [0.15, 0.2) is 36.7 Å². The molecule has 1 saturated heterocycles. The molecule has 0 bridgehead atoms. The zero-order valence-electron chi connectivity index (χ0n) is 13.7. The molecule has 23 heavy (non-hydrogen) atoms. The maximum Gasteiger partial charge on any atom is 0.245 e. The third-order valence-corrected chi connectivity index (χ3v) is 4.32. The smallest absolute Gasteiger partial charge is 0.245 e. The first kappa shape index (κ1) is 15.7. The predicted octanol–water partition coefficient (Wildman–Crippen LogP) is 1.83. The van der Waals surface area contributed by atoms with Crippen LogP contribution in [-0.2, 0) is 18.4 Å². The fourth-order valence-electron chi connectivity index (χ4n) is 3.11. The summed E-state index contributed by atoms with van der Waals surface area (Å²) in [6.07, 6.45) is 5.55. The van der Waals surface area contributed by atoms with E-state index < -0.39 is 0 Å². The number of rotatable bonds is 5. The number of aromatic nitrogens is 3. The number of amides is 1. The second kappa shape index (κ2) is 6.91. The first-order valence-electron chi connectivity index (χ1n) is 8.14. The molecule has 2 aromatic heterocycles. The van der Waals surface area contributed by atoms with E-state index >= 15 is 0 Å². The van der Waals surface area contributed by atoms with Gasteiger partial charge >= 0.3 is 0 Å². The van der Waals surface area contributed by atoms with E-state index in [9.17, 15) is 4.79 Å². The Kier molecular flexibility index (Phi) is 4.71. The van der Waals surface area contributed by atoms with E-state index in [1.165, 1.54) is 0 Å². The molecule has 1 aliphatic rings. The summed E-state index contributed by atoms with van der Waals surface area (Å²) < 4.78 is 1.73. The molecule has 1 fully saturated rings. The highest BCUT2D eigenvalue weighted by Gasteiger charge is 2.34. The molecule has 122 valence electrons. The molecule has 3 heterocycles. The predicted molar refractivity (Wildman–Crippen MR) is 88.9 cm³/mol. The van der Waals surface area contributed by atoms with Crippen molar-refractivity contribution >= 4 is 11.7 Å².